The van der Waals surface area contributed by atoms with Crippen LogP contribution >= 0.6 is 0 Å². The van der Waals surface area contributed by atoms with Crippen LogP contribution in [0.15, 0.2) is 12.2 Å². The molecule has 3 rings (SSSR count). The van der Waals surface area contributed by atoms with Crippen LogP contribution in [0.25, 0.3) is 0 Å². The van der Waals surface area contributed by atoms with E-state index in [1.54, 1.807) is 0 Å². The highest BCUT2D eigenvalue weighted by molar-refractivity contribution is 4.97. The van der Waals surface area contributed by atoms with Crippen LogP contribution in [0.2, 0.25) is 0 Å². The molecular formula is C15H24O3. The van der Waals surface area contributed by atoms with E-state index >= 15 is 0 Å². The highest BCUT2D eigenvalue weighted by Crippen LogP contribution is 2.39. The second kappa shape index (κ2) is 5.32. The fourth-order valence-electron chi connectivity index (χ4n) is 3.73. The number of aliphatic hydroxyl groups excluding tert-OH is 1. The van der Waals surface area contributed by atoms with Crippen molar-refractivity contribution in [2.45, 2.75) is 50.2 Å². The van der Waals surface area contributed by atoms with Gasteiger partial charge in [-0.15, -0.1) is 0 Å². The van der Waals surface area contributed by atoms with E-state index in [9.17, 15) is 5.11 Å². The van der Waals surface area contributed by atoms with E-state index in [1.165, 1.54) is 0 Å². The van der Waals surface area contributed by atoms with E-state index in [-0.39, 0.29) is 11.7 Å². The van der Waals surface area contributed by atoms with Gasteiger partial charge in [-0.2, -0.15) is 0 Å². The van der Waals surface area contributed by atoms with Gasteiger partial charge in [0.1, 0.15) is 0 Å². The molecule has 18 heavy (non-hydrogen) atoms. The monoisotopic (exact) mass is 252 g/mol. The summed E-state index contributed by atoms with van der Waals surface area (Å²) in [4.78, 5) is 0. The third-order valence-corrected chi connectivity index (χ3v) is 4.87. The lowest BCUT2D eigenvalue weighted by molar-refractivity contribution is -0.123. The van der Waals surface area contributed by atoms with Crippen LogP contribution in [-0.4, -0.2) is 36.6 Å². The number of hydrogen-bond donors (Lipinski definition) is 1. The van der Waals surface area contributed by atoms with Gasteiger partial charge in [0.15, 0.2) is 0 Å². The molecule has 0 aromatic carbocycles. The molecule has 2 heterocycles. The van der Waals surface area contributed by atoms with Crippen LogP contribution in [0.3, 0.4) is 0 Å². The smallest absolute Gasteiger partial charge is 0.0940 e. The van der Waals surface area contributed by atoms with E-state index in [1.807, 2.05) is 0 Å². The van der Waals surface area contributed by atoms with Crippen molar-refractivity contribution in [3.8, 4) is 0 Å². The average Bonchev–Trinajstić information content (AvgIpc) is 2.87. The van der Waals surface area contributed by atoms with Crippen molar-refractivity contribution in [3.63, 3.8) is 0 Å². The normalized spacial score (nSPS) is 42.3. The summed E-state index contributed by atoms with van der Waals surface area (Å²) in [5.74, 6) is 0.856. The number of allylic oxidation sites excluding steroid dienone is 2. The molecule has 1 aliphatic carbocycles. The molecule has 3 aliphatic rings. The Morgan fingerprint density at radius 1 is 1.17 bits per heavy atom. The lowest BCUT2D eigenvalue weighted by Crippen LogP contribution is -2.45. The number of ether oxygens (including phenoxy) is 2. The van der Waals surface area contributed by atoms with E-state index in [2.05, 4.69) is 12.2 Å². The summed E-state index contributed by atoms with van der Waals surface area (Å²) in [7, 11) is 0. The van der Waals surface area contributed by atoms with E-state index in [4.69, 9.17) is 9.47 Å². The van der Waals surface area contributed by atoms with Gasteiger partial charge >= 0.3 is 0 Å². The minimum absolute atomic E-state index is 0.0750. The topological polar surface area (TPSA) is 38.7 Å². The molecule has 4 atom stereocenters. The predicted octanol–water partition coefficient (Wildman–Crippen LogP) is 2.29. The van der Waals surface area contributed by atoms with Gasteiger partial charge in [-0.25, -0.2) is 0 Å². The van der Waals surface area contributed by atoms with Crippen LogP contribution in [0.1, 0.15) is 38.5 Å². The van der Waals surface area contributed by atoms with Gasteiger partial charge in [-0.1, -0.05) is 12.2 Å². The average molecular weight is 252 g/mol. The quantitative estimate of drug-likeness (QED) is 0.766. The van der Waals surface area contributed by atoms with Crippen LogP contribution in [0, 0.1) is 11.8 Å². The molecule has 0 aromatic rings. The van der Waals surface area contributed by atoms with Gasteiger partial charge in [0.05, 0.1) is 18.3 Å². The van der Waals surface area contributed by atoms with E-state index < -0.39 is 0 Å². The molecule has 2 fully saturated rings. The van der Waals surface area contributed by atoms with Crippen molar-refractivity contribution in [2.24, 2.45) is 11.8 Å². The molecule has 0 radical (unpaired) electrons. The molecule has 4 unspecified atom stereocenters. The Bertz CT molecular complexity index is 307. The first-order valence-corrected chi connectivity index (χ1v) is 7.34. The summed E-state index contributed by atoms with van der Waals surface area (Å²) >= 11 is 0. The van der Waals surface area contributed by atoms with Crippen LogP contribution in [0.4, 0.5) is 0 Å². The SMILES string of the molecule is OC(C1CC=CCC1)C1CCOC2(CCOC2)C1. The number of hydrogen-bond acceptors (Lipinski definition) is 3. The first-order chi connectivity index (χ1) is 8.79. The van der Waals surface area contributed by atoms with Gasteiger partial charge in [-0.3, -0.25) is 0 Å². The van der Waals surface area contributed by atoms with Crippen molar-refractivity contribution in [3.05, 3.63) is 12.2 Å². The zero-order valence-corrected chi connectivity index (χ0v) is 11.0. The van der Waals surface area contributed by atoms with Gasteiger partial charge in [0.2, 0.25) is 0 Å². The molecule has 0 amide bonds. The second-order valence-electron chi connectivity index (χ2n) is 6.12. The summed E-state index contributed by atoms with van der Waals surface area (Å²) < 4.78 is 11.4. The molecule has 2 aliphatic heterocycles. The van der Waals surface area contributed by atoms with Crippen molar-refractivity contribution < 1.29 is 14.6 Å². The molecule has 3 nitrogen and oxygen atoms in total. The number of aliphatic hydroxyl groups is 1. The maximum Gasteiger partial charge on any atom is 0.0940 e. The Hall–Kier alpha value is -0.380. The third kappa shape index (κ3) is 2.49. The molecule has 0 bridgehead atoms. The molecule has 0 saturated carbocycles. The van der Waals surface area contributed by atoms with Crippen molar-refractivity contribution in [1.29, 1.82) is 0 Å². The summed E-state index contributed by atoms with van der Waals surface area (Å²) in [6, 6.07) is 0. The van der Waals surface area contributed by atoms with Crippen molar-refractivity contribution in [2.75, 3.05) is 19.8 Å². The number of rotatable bonds is 2. The van der Waals surface area contributed by atoms with Gasteiger partial charge < -0.3 is 14.6 Å². The fraction of sp³-hybridized carbons (Fsp3) is 0.867. The van der Waals surface area contributed by atoms with Crippen molar-refractivity contribution in [1.82, 2.24) is 0 Å². The molecule has 1 spiro atoms. The van der Waals surface area contributed by atoms with Crippen LogP contribution < -0.4 is 0 Å². The minimum Gasteiger partial charge on any atom is -0.393 e. The standard InChI is InChI=1S/C15H24O3/c16-14(12-4-2-1-3-5-12)13-6-8-18-15(10-13)7-9-17-11-15/h1-2,12-14,16H,3-11H2. The summed E-state index contributed by atoms with van der Waals surface area (Å²) in [6.45, 7) is 2.32. The molecule has 3 heteroatoms. The summed E-state index contributed by atoms with van der Waals surface area (Å²) in [5.41, 5.74) is -0.0750. The Labute approximate surface area is 109 Å². The van der Waals surface area contributed by atoms with Crippen LogP contribution in [0.5, 0.6) is 0 Å². The molecular weight excluding hydrogens is 228 g/mol. The lowest BCUT2D eigenvalue weighted by Gasteiger charge is -2.41. The molecule has 1 N–H and O–H groups in total. The molecule has 0 aromatic heterocycles. The van der Waals surface area contributed by atoms with Gasteiger partial charge in [-0.05, 0) is 43.9 Å². The first kappa shape index (κ1) is 12.6. The third-order valence-electron chi connectivity index (χ3n) is 4.87. The van der Waals surface area contributed by atoms with E-state index in [0.29, 0.717) is 11.8 Å². The lowest BCUT2D eigenvalue weighted by atomic mass is 9.75. The zero-order chi connectivity index (χ0) is 12.4. The largest absolute Gasteiger partial charge is 0.393 e. The summed E-state index contributed by atoms with van der Waals surface area (Å²) in [5, 5.41) is 10.6. The Morgan fingerprint density at radius 2 is 2.11 bits per heavy atom. The highest BCUT2D eigenvalue weighted by atomic mass is 16.6. The highest BCUT2D eigenvalue weighted by Gasteiger charge is 2.43. The minimum atomic E-state index is -0.156. The van der Waals surface area contributed by atoms with Gasteiger partial charge in [0.25, 0.3) is 0 Å². The van der Waals surface area contributed by atoms with Crippen LogP contribution in [-0.2, 0) is 9.47 Å². The maximum absolute atomic E-state index is 10.6. The Kier molecular flexibility index (Phi) is 3.73. The summed E-state index contributed by atoms with van der Waals surface area (Å²) in [6.07, 6.45) is 10.6. The fourth-order valence-corrected chi connectivity index (χ4v) is 3.73. The van der Waals surface area contributed by atoms with Gasteiger partial charge in [0, 0.05) is 19.6 Å². The maximum atomic E-state index is 10.6. The molecule has 2 saturated heterocycles. The predicted molar refractivity (Wildman–Crippen MR) is 69.3 cm³/mol. The zero-order valence-electron chi connectivity index (χ0n) is 11.0. The Balaban J connectivity index is 1.62. The second-order valence-corrected chi connectivity index (χ2v) is 6.12. The Morgan fingerprint density at radius 3 is 2.83 bits per heavy atom. The van der Waals surface area contributed by atoms with Crippen molar-refractivity contribution >= 4 is 0 Å². The van der Waals surface area contributed by atoms with E-state index in [0.717, 1.165) is 58.3 Å². The molecule has 102 valence electrons. The first-order valence-electron chi connectivity index (χ1n) is 7.34.